The normalized spacial score (nSPS) is 11.9. The minimum atomic E-state index is -0.575. The largest absolute Gasteiger partial charge is 0.135 e. The van der Waals surface area contributed by atoms with Crippen molar-refractivity contribution in [1.29, 1.82) is 0 Å². The molecule has 0 bridgehead atoms. The van der Waals surface area contributed by atoms with Crippen molar-refractivity contribution in [3.8, 4) is 44.5 Å². The Morgan fingerprint density at radius 1 is 0.269 bits per heavy atom. The topological polar surface area (TPSA) is 0 Å². The Morgan fingerprint density at radius 3 is 1.09 bits per heavy atom. The minimum absolute atomic E-state index is 0.575. The fourth-order valence-electron chi connectivity index (χ4n) is 10.9. The zero-order chi connectivity index (χ0) is 45.2. The third-order valence-electron chi connectivity index (χ3n) is 14.2. The second-order valence-corrected chi connectivity index (χ2v) is 20.3. The first-order valence-corrected chi connectivity index (χ1v) is 24.9. The van der Waals surface area contributed by atoms with Gasteiger partial charge in [-0.2, -0.15) is 0 Å². The van der Waals surface area contributed by atoms with Gasteiger partial charge in [-0.05, 0) is 141 Å². The summed E-state index contributed by atoms with van der Waals surface area (Å²) in [6.07, 6.45) is 0. The highest BCUT2D eigenvalue weighted by Crippen LogP contribution is 2.49. The van der Waals surface area contributed by atoms with Gasteiger partial charge in [-0.1, -0.05) is 194 Å². The summed E-state index contributed by atoms with van der Waals surface area (Å²) in [7, 11) is 0. The van der Waals surface area contributed by atoms with E-state index in [1.165, 1.54) is 129 Å². The quantitative estimate of drug-likeness (QED) is 0.133. The SMILES string of the molecule is Cc1cc(C(c2ccccc2)(c2ccccc2)c2ccc(-c3ccc4sc5c(-c6ccccc6C)cccc5c4c3)c(C)c2)ccc1-c1ccc2sc3c(-c4ccccc4C)cccc3c2c1. The van der Waals surface area contributed by atoms with Gasteiger partial charge in [-0.3, -0.25) is 0 Å². The van der Waals surface area contributed by atoms with Gasteiger partial charge in [0, 0.05) is 40.3 Å². The molecule has 12 aromatic rings. The van der Waals surface area contributed by atoms with Gasteiger partial charge < -0.3 is 0 Å². The molecule has 0 radical (unpaired) electrons. The summed E-state index contributed by atoms with van der Waals surface area (Å²) < 4.78 is 5.33. The summed E-state index contributed by atoms with van der Waals surface area (Å²) in [5, 5.41) is 5.26. The van der Waals surface area contributed by atoms with Crippen LogP contribution >= 0.6 is 22.7 Å². The lowest BCUT2D eigenvalue weighted by molar-refractivity contribution is 0.743. The summed E-state index contributed by atoms with van der Waals surface area (Å²) in [6.45, 7) is 8.99. The van der Waals surface area contributed by atoms with Crippen LogP contribution in [0.4, 0.5) is 0 Å². The van der Waals surface area contributed by atoms with E-state index in [0.29, 0.717) is 0 Å². The van der Waals surface area contributed by atoms with Gasteiger partial charge in [0.1, 0.15) is 0 Å². The molecule has 0 amide bonds. The first-order valence-electron chi connectivity index (χ1n) is 23.2. The fourth-order valence-corrected chi connectivity index (χ4v) is 13.3. The van der Waals surface area contributed by atoms with Gasteiger partial charge in [0.15, 0.2) is 0 Å². The molecule has 0 atom stereocenters. The average molecular weight is 893 g/mol. The average Bonchev–Trinajstić information content (AvgIpc) is 3.94. The first-order chi connectivity index (χ1) is 32.9. The fraction of sp³-hybridized carbons (Fsp3) is 0.0769. The van der Waals surface area contributed by atoms with Crippen molar-refractivity contribution in [2.45, 2.75) is 33.1 Å². The van der Waals surface area contributed by atoms with Gasteiger partial charge in [-0.25, -0.2) is 0 Å². The van der Waals surface area contributed by atoms with Crippen LogP contribution in [0.1, 0.15) is 44.5 Å². The van der Waals surface area contributed by atoms with Gasteiger partial charge >= 0.3 is 0 Å². The number of hydrogen-bond donors (Lipinski definition) is 0. The first kappa shape index (κ1) is 41.1. The van der Waals surface area contributed by atoms with Crippen LogP contribution in [-0.4, -0.2) is 0 Å². The molecule has 0 spiro atoms. The molecule has 0 fully saturated rings. The molecule has 0 nitrogen and oxygen atoms in total. The number of rotatable bonds is 8. The Kier molecular flexibility index (Phi) is 10.1. The summed E-state index contributed by atoms with van der Waals surface area (Å²) in [5.41, 5.74) is 19.7. The molecule has 0 aliphatic heterocycles. The molecule has 0 N–H and O–H groups in total. The van der Waals surface area contributed by atoms with Crippen LogP contribution in [0.15, 0.2) is 218 Å². The van der Waals surface area contributed by atoms with E-state index in [2.05, 4.69) is 246 Å². The molecule has 0 saturated heterocycles. The van der Waals surface area contributed by atoms with Gasteiger partial charge in [0.05, 0.1) is 5.41 Å². The zero-order valence-electron chi connectivity index (χ0n) is 38.1. The Labute approximate surface area is 401 Å². The van der Waals surface area contributed by atoms with Crippen LogP contribution in [-0.2, 0) is 5.41 Å². The highest BCUT2D eigenvalue weighted by molar-refractivity contribution is 7.26. The van der Waals surface area contributed by atoms with Gasteiger partial charge in [-0.15, -0.1) is 22.7 Å². The second-order valence-electron chi connectivity index (χ2n) is 18.2. The van der Waals surface area contributed by atoms with E-state index >= 15 is 0 Å². The predicted octanol–water partition coefficient (Wildman–Crippen LogP) is 18.7. The highest BCUT2D eigenvalue weighted by atomic mass is 32.1. The molecule has 320 valence electrons. The molecule has 2 aromatic heterocycles. The highest BCUT2D eigenvalue weighted by Gasteiger charge is 2.39. The van der Waals surface area contributed by atoms with Crippen molar-refractivity contribution in [2.75, 3.05) is 0 Å². The lowest BCUT2D eigenvalue weighted by Crippen LogP contribution is -2.31. The smallest absolute Gasteiger partial charge is 0.0701 e. The molecule has 10 aromatic carbocycles. The molecule has 12 rings (SSSR count). The van der Waals surface area contributed by atoms with Crippen molar-refractivity contribution in [2.24, 2.45) is 0 Å². The van der Waals surface area contributed by atoms with E-state index in [1.807, 2.05) is 22.7 Å². The standard InChI is InChI=1S/C65H48S2/c1-41-17-11-13-23-53(41)55-25-15-27-57-59-39-45(29-35-61(59)66-63(55)57)51-33-31-49(37-43(51)3)65(47-19-7-5-8-20-47,48-21-9-6-10-22-48)50-32-34-52(44(4)38-50)46-30-36-62-60(40-46)58-28-16-26-56(64(58)67-62)54-24-14-12-18-42(54)2/h5-40H,1-4H3. The molecule has 0 unspecified atom stereocenters. The number of hydrogen-bond acceptors (Lipinski definition) is 2. The maximum Gasteiger partial charge on any atom is 0.0701 e. The van der Waals surface area contributed by atoms with E-state index in [1.54, 1.807) is 0 Å². The third-order valence-corrected chi connectivity index (χ3v) is 16.7. The monoisotopic (exact) mass is 892 g/mol. The lowest BCUT2D eigenvalue weighted by Gasteiger charge is -2.37. The van der Waals surface area contributed by atoms with Crippen LogP contribution in [0.5, 0.6) is 0 Å². The Morgan fingerprint density at radius 2 is 0.672 bits per heavy atom. The van der Waals surface area contributed by atoms with E-state index in [4.69, 9.17) is 0 Å². The molecular weight excluding hydrogens is 845 g/mol. The third kappa shape index (κ3) is 6.77. The predicted molar refractivity (Wildman–Crippen MR) is 291 cm³/mol. The van der Waals surface area contributed by atoms with Crippen LogP contribution in [0, 0.1) is 27.7 Å². The van der Waals surface area contributed by atoms with Crippen molar-refractivity contribution < 1.29 is 0 Å². The Bertz CT molecular complexity index is 3590. The van der Waals surface area contributed by atoms with Crippen molar-refractivity contribution >= 4 is 63.0 Å². The van der Waals surface area contributed by atoms with E-state index in [0.717, 1.165) is 0 Å². The molecular formula is C65H48S2. The summed E-state index contributed by atoms with van der Waals surface area (Å²) in [6, 6.07) is 81.8. The van der Waals surface area contributed by atoms with Gasteiger partial charge in [0.2, 0.25) is 0 Å². The summed E-state index contributed by atoms with van der Waals surface area (Å²) in [5.74, 6) is 0. The molecule has 0 saturated carbocycles. The summed E-state index contributed by atoms with van der Waals surface area (Å²) in [4.78, 5) is 0. The molecule has 0 aliphatic rings. The van der Waals surface area contributed by atoms with Crippen LogP contribution in [0.2, 0.25) is 0 Å². The van der Waals surface area contributed by atoms with Crippen molar-refractivity contribution in [3.63, 3.8) is 0 Å². The van der Waals surface area contributed by atoms with Crippen LogP contribution < -0.4 is 0 Å². The summed E-state index contributed by atoms with van der Waals surface area (Å²) >= 11 is 3.80. The van der Waals surface area contributed by atoms with Crippen LogP contribution in [0.3, 0.4) is 0 Å². The molecule has 67 heavy (non-hydrogen) atoms. The molecule has 0 aliphatic carbocycles. The van der Waals surface area contributed by atoms with E-state index in [9.17, 15) is 0 Å². The lowest BCUT2D eigenvalue weighted by atomic mass is 9.64. The Hall–Kier alpha value is -7.36. The number of benzene rings is 10. The van der Waals surface area contributed by atoms with Gasteiger partial charge in [0.25, 0.3) is 0 Å². The zero-order valence-corrected chi connectivity index (χ0v) is 39.7. The van der Waals surface area contributed by atoms with Crippen LogP contribution in [0.25, 0.3) is 84.9 Å². The number of aryl methyl sites for hydroxylation is 4. The number of fused-ring (bicyclic) bond motifs is 6. The number of thiophene rings is 2. The minimum Gasteiger partial charge on any atom is -0.135 e. The Balaban J connectivity index is 0.981. The van der Waals surface area contributed by atoms with Crippen molar-refractivity contribution in [3.05, 3.63) is 263 Å². The molecule has 2 heterocycles. The van der Waals surface area contributed by atoms with Crippen molar-refractivity contribution in [1.82, 2.24) is 0 Å². The second kappa shape index (κ2) is 16.5. The maximum atomic E-state index is 2.45. The van der Waals surface area contributed by atoms with E-state index < -0.39 is 5.41 Å². The maximum absolute atomic E-state index is 2.45. The molecule has 2 heteroatoms. The van der Waals surface area contributed by atoms with E-state index in [-0.39, 0.29) is 0 Å².